The predicted molar refractivity (Wildman–Crippen MR) is 73.8 cm³/mol. The predicted octanol–water partition coefficient (Wildman–Crippen LogP) is 2.69. The molecule has 1 amide bonds. The van der Waals surface area contributed by atoms with Gasteiger partial charge in [0.15, 0.2) is 0 Å². The van der Waals surface area contributed by atoms with E-state index in [1.165, 1.54) is 6.07 Å². The van der Waals surface area contributed by atoms with Gasteiger partial charge in [0, 0.05) is 24.4 Å². The minimum atomic E-state index is -4.58. The number of benzene rings is 1. The van der Waals surface area contributed by atoms with Crippen LogP contribution in [0.2, 0.25) is 0 Å². The Labute approximate surface area is 121 Å². The molecule has 0 saturated carbocycles. The van der Waals surface area contributed by atoms with Crippen molar-refractivity contribution in [1.29, 1.82) is 0 Å². The van der Waals surface area contributed by atoms with Gasteiger partial charge in [-0.25, -0.2) is 0 Å². The van der Waals surface area contributed by atoms with E-state index >= 15 is 0 Å². The topological polar surface area (TPSA) is 64.3 Å². The molecular formula is C14H19F3N2O2. The van der Waals surface area contributed by atoms with Gasteiger partial charge in [0.25, 0.3) is 5.91 Å². The highest BCUT2D eigenvalue weighted by atomic mass is 19.4. The number of anilines is 1. The van der Waals surface area contributed by atoms with Gasteiger partial charge in [0.05, 0.1) is 12.2 Å². The largest absolute Gasteiger partial charge is 0.418 e. The van der Waals surface area contributed by atoms with Crippen LogP contribution >= 0.6 is 0 Å². The third-order valence-corrected chi connectivity index (χ3v) is 2.60. The molecule has 0 aliphatic rings. The number of hydrogen-bond acceptors (Lipinski definition) is 3. The summed E-state index contributed by atoms with van der Waals surface area (Å²) < 4.78 is 43.3. The van der Waals surface area contributed by atoms with Crippen molar-refractivity contribution in [3.8, 4) is 0 Å². The minimum absolute atomic E-state index is 0.0830. The van der Waals surface area contributed by atoms with Crippen LogP contribution in [-0.2, 0) is 10.9 Å². The van der Waals surface area contributed by atoms with Crippen molar-refractivity contribution >= 4 is 11.6 Å². The molecule has 0 aromatic heterocycles. The molecule has 0 heterocycles. The molecule has 0 spiro atoms. The maximum absolute atomic E-state index is 12.7. The van der Waals surface area contributed by atoms with Crippen molar-refractivity contribution < 1.29 is 22.7 Å². The third kappa shape index (κ3) is 5.63. The van der Waals surface area contributed by atoms with E-state index in [-0.39, 0.29) is 12.1 Å². The first-order valence-electron chi connectivity index (χ1n) is 6.54. The van der Waals surface area contributed by atoms with Gasteiger partial charge in [-0.2, -0.15) is 13.2 Å². The zero-order chi connectivity index (χ0) is 16.0. The summed E-state index contributed by atoms with van der Waals surface area (Å²) >= 11 is 0. The van der Waals surface area contributed by atoms with Crippen molar-refractivity contribution in [2.75, 3.05) is 25.5 Å². The second-order valence-electron chi connectivity index (χ2n) is 5.02. The van der Waals surface area contributed by atoms with Gasteiger partial charge in [0.1, 0.15) is 0 Å². The number of ether oxygens (including phenoxy) is 1. The number of carbonyl (C=O) groups is 1. The van der Waals surface area contributed by atoms with Crippen LogP contribution in [0.4, 0.5) is 18.9 Å². The van der Waals surface area contributed by atoms with Crippen molar-refractivity contribution in [3.05, 3.63) is 29.3 Å². The summed E-state index contributed by atoms with van der Waals surface area (Å²) in [6.07, 6.45) is -4.58. The highest BCUT2D eigenvalue weighted by Crippen LogP contribution is 2.33. The average Bonchev–Trinajstić information content (AvgIpc) is 2.36. The van der Waals surface area contributed by atoms with Crippen molar-refractivity contribution in [1.82, 2.24) is 5.32 Å². The summed E-state index contributed by atoms with van der Waals surface area (Å²) in [4.78, 5) is 11.8. The van der Waals surface area contributed by atoms with Crippen LogP contribution in [0.1, 0.15) is 29.8 Å². The normalized spacial score (nSPS) is 11.7. The first kappa shape index (κ1) is 17.3. The van der Waals surface area contributed by atoms with Crippen LogP contribution < -0.4 is 11.1 Å². The maximum atomic E-state index is 12.7. The summed E-state index contributed by atoms with van der Waals surface area (Å²) in [5.41, 5.74) is 3.78. The maximum Gasteiger partial charge on any atom is 0.418 e. The van der Waals surface area contributed by atoms with E-state index in [1.807, 2.05) is 13.8 Å². The Hall–Kier alpha value is -1.76. The Morgan fingerprint density at radius 2 is 2.05 bits per heavy atom. The van der Waals surface area contributed by atoms with E-state index in [0.717, 1.165) is 12.1 Å². The van der Waals surface area contributed by atoms with Gasteiger partial charge < -0.3 is 15.8 Å². The zero-order valence-electron chi connectivity index (χ0n) is 12.0. The fraction of sp³-hybridized carbons (Fsp3) is 0.500. The van der Waals surface area contributed by atoms with E-state index in [9.17, 15) is 18.0 Å². The van der Waals surface area contributed by atoms with E-state index in [4.69, 9.17) is 10.5 Å². The third-order valence-electron chi connectivity index (χ3n) is 2.60. The van der Waals surface area contributed by atoms with Gasteiger partial charge >= 0.3 is 6.18 Å². The number of hydrogen-bond donors (Lipinski definition) is 2. The Bertz CT molecular complexity index is 488. The van der Waals surface area contributed by atoms with Gasteiger partial charge in [-0.15, -0.1) is 0 Å². The molecule has 3 N–H and O–H groups in total. The number of amides is 1. The lowest BCUT2D eigenvalue weighted by molar-refractivity contribution is -0.136. The standard InChI is InChI=1S/C14H19F3N2O2/c1-9(2)8-21-6-5-19-13(20)10-3-4-12(18)11(7-10)14(15,16)17/h3-4,7,9H,5-6,8,18H2,1-2H3,(H,19,20). The van der Waals surface area contributed by atoms with Crippen LogP contribution in [0.15, 0.2) is 18.2 Å². The molecule has 0 bridgehead atoms. The number of rotatable bonds is 6. The second kappa shape index (κ2) is 7.31. The molecule has 0 aliphatic heterocycles. The fourth-order valence-electron chi connectivity index (χ4n) is 1.60. The summed E-state index contributed by atoms with van der Waals surface area (Å²) in [6, 6.07) is 3.08. The van der Waals surface area contributed by atoms with E-state index in [0.29, 0.717) is 19.1 Å². The molecule has 0 aliphatic carbocycles. The molecule has 0 atom stereocenters. The van der Waals surface area contributed by atoms with Gasteiger partial charge in [0.2, 0.25) is 0 Å². The lowest BCUT2D eigenvalue weighted by atomic mass is 10.1. The zero-order valence-corrected chi connectivity index (χ0v) is 12.0. The van der Waals surface area contributed by atoms with Crippen molar-refractivity contribution in [2.24, 2.45) is 5.92 Å². The SMILES string of the molecule is CC(C)COCCNC(=O)c1ccc(N)c(C(F)(F)F)c1. The minimum Gasteiger partial charge on any atom is -0.398 e. The number of nitrogens with one attached hydrogen (secondary N) is 1. The molecule has 0 fully saturated rings. The van der Waals surface area contributed by atoms with E-state index < -0.39 is 23.3 Å². The Morgan fingerprint density at radius 1 is 1.38 bits per heavy atom. The van der Waals surface area contributed by atoms with Gasteiger partial charge in [-0.3, -0.25) is 4.79 Å². The Kier molecular flexibility index (Phi) is 6.02. The van der Waals surface area contributed by atoms with Crippen molar-refractivity contribution in [3.63, 3.8) is 0 Å². The molecule has 0 unspecified atom stereocenters. The molecule has 1 aromatic rings. The van der Waals surface area contributed by atoms with Gasteiger partial charge in [-0.1, -0.05) is 13.8 Å². The molecular weight excluding hydrogens is 285 g/mol. The molecule has 7 heteroatoms. The van der Waals surface area contributed by atoms with Crippen LogP contribution in [0.3, 0.4) is 0 Å². The number of nitrogens with two attached hydrogens (primary N) is 1. The second-order valence-corrected chi connectivity index (χ2v) is 5.02. The molecule has 1 aromatic carbocycles. The number of carbonyl (C=O) groups excluding carboxylic acids is 1. The average molecular weight is 304 g/mol. The quantitative estimate of drug-likeness (QED) is 0.627. The summed E-state index contributed by atoms with van der Waals surface area (Å²) in [6.45, 7) is 5.09. The van der Waals surface area contributed by atoms with Gasteiger partial charge in [-0.05, 0) is 24.1 Å². The first-order valence-corrected chi connectivity index (χ1v) is 6.54. The molecule has 4 nitrogen and oxygen atoms in total. The lowest BCUT2D eigenvalue weighted by Crippen LogP contribution is -2.28. The highest BCUT2D eigenvalue weighted by molar-refractivity contribution is 5.94. The first-order chi connectivity index (χ1) is 9.71. The van der Waals surface area contributed by atoms with Crippen LogP contribution in [0.25, 0.3) is 0 Å². The molecule has 21 heavy (non-hydrogen) atoms. The monoisotopic (exact) mass is 304 g/mol. The molecule has 1 rings (SSSR count). The fourth-order valence-corrected chi connectivity index (χ4v) is 1.60. The van der Waals surface area contributed by atoms with Crippen LogP contribution in [0, 0.1) is 5.92 Å². The Morgan fingerprint density at radius 3 is 2.62 bits per heavy atom. The lowest BCUT2D eigenvalue weighted by Gasteiger charge is -2.12. The highest BCUT2D eigenvalue weighted by Gasteiger charge is 2.33. The number of alkyl halides is 3. The van der Waals surface area contributed by atoms with Crippen molar-refractivity contribution in [2.45, 2.75) is 20.0 Å². The number of nitrogen functional groups attached to an aromatic ring is 1. The molecule has 0 saturated heterocycles. The van der Waals surface area contributed by atoms with E-state index in [2.05, 4.69) is 5.32 Å². The van der Waals surface area contributed by atoms with Crippen LogP contribution in [-0.4, -0.2) is 25.7 Å². The summed E-state index contributed by atoms with van der Waals surface area (Å²) in [5, 5.41) is 2.50. The summed E-state index contributed by atoms with van der Waals surface area (Å²) in [5.74, 6) is -0.208. The Balaban J connectivity index is 2.59. The smallest absolute Gasteiger partial charge is 0.398 e. The molecule has 118 valence electrons. The molecule has 0 radical (unpaired) electrons. The van der Waals surface area contributed by atoms with E-state index in [1.54, 1.807) is 0 Å². The number of halogens is 3. The van der Waals surface area contributed by atoms with Crippen LogP contribution in [0.5, 0.6) is 0 Å². The summed E-state index contributed by atoms with van der Waals surface area (Å²) in [7, 11) is 0.